The molecule has 1 aliphatic rings. The molecule has 0 atom stereocenters. The van der Waals surface area contributed by atoms with Crippen molar-refractivity contribution in [2.24, 2.45) is 4.99 Å². The van der Waals surface area contributed by atoms with Crippen molar-refractivity contribution in [3.8, 4) is 0 Å². The van der Waals surface area contributed by atoms with Crippen LogP contribution < -0.4 is 4.90 Å². The molecule has 0 aromatic heterocycles. The zero-order valence-electron chi connectivity index (χ0n) is 15.5. The number of carbonyl (C=O) groups excluding carboxylic acids is 1. The van der Waals surface area contributed by atoms with Gasteiger partial charge in [-0.3, -0.25) is 9.69 Å². The summed E-state index contributed by atoms with van der Waals surface area (Å²) in [7, 11) is 0. The van der Waals surface area contributed by atoms with Crippen LogP contribution in [0.5, 0.6) is 0 Å². The first-order chi connectivity index (χ1) is 14.5. The number of nitrogens with zero attached hydrogens (tertiary/aromatic N) is 2. The Balaban J connectivity index is 1.78. The fourth-order valence-electron chi connectivity index (χ4n) is 2.92. The predicted octanol–water partition coefficient (Wildman–Crippen LogP) is 5.96. The monoisotopic (exact) mass is 478 g/mol. The molecule has 1 amide bonds. The molecule has 1 fully saturated rings. The summed E-state index contributed by atoms with van der Waals surface area (Å²) in [5, 5.41) is 9.71. The average molecular weight is 479 g/mol. The van der Waals surface area contributed by atoms with E-state index in [4.69, 9.17) is 0 Å². The van der Waals surface area contributed by atoms with Crippen LogP contribution in [0.4, 0.5) is 11.4 Å². The molecule has 1 heterocycles. The fraction of sp³-hybridized carbons (Fsp3) is 0. The Morgan fingerprint density at radius 2 is 1.77 bits per heavy atom. The Labute approximate surface area is 185 Å². The largest absolute Gasteiger partial charge is 0.478 e. The van der Waals surface area contributed by atoms with Crippen molar-refractivity contribution < 1.29 is 14.7 Å². The molecule has 1 N–H and O–H groups in total. The maximum absolute atomic E-state index is 13.2. The van der Waals surface area contributed by atoms with Crippen LogP contribution in [0.15, 0.2) is 93.2 Å². The quantitative estimate of drug-likeness (QED) is 0.469. The highest BCUT2D eigenvalue weighted by molar-refractivity contribution is 9.10. The van der Waals surface area contributed by atoms with Gasteiger partial charge in [-0.05, 0) is 65.9 Å². The van der Waals surface area contributed by atoms with Crippen molar-refractivity contribution in [3.05, 3.63) is 99.4 Å². The third-order valence-electron chi connectivity index (χ3n) is 4.29. The Morgan fingerprint density at radius 3 is 2.50 bits per heavy atom. The Morgan fingerprint density at radius 1 is 1.00 bits per heavy atom. The minimum Gasteiger partial charge on any atom is -0.478 e. The van der Waals surface area contributed by atoms with Gasteiger partial charge in [0.1, 0.15) is 0 Å². The molecular formula is C23H15BrN2O3S. The van der Waals surface area contributed by atoms with E-state index in [-0.39, 0.29) is 11.5 Å². The number of carboxylic acid groups (broad SMARTS) is 1. The van der Waals surface area contributed by atoms with E-state index in [0.29, 0.717) is 21.4 Å². The van der Waals surface area contributed by atoms with Crippen LogP contribution in [0.3, 0.4) is 0 Å². The van der Waals surface area contributed by atoms with Gasteiger partial charge in [-0.15, -0.1) is 0 Å². The van der Waals surface area contributed by atoms with E-state index in [1.54, 1.807) is 17.0 Å². The number of thioether (sulfide) groups is 1. The normalized spacial score (nSPS) is 16.4. The van der Waals surface area contributed by atoms with Gasteiger partial charge < -0.3 is 5.11 Å². The molecule has 0 saturated carbocycles. The molecule has 7 heteroatoms. The summed E-state index contributed by atoms with van der Waals surface area (Å²) in [5.41, 5.74) is 2.19. The van der Waals surface area contributed by atoms with Gasteiger partial charge in [0.05, 0.1) is 21.8 Å². The van der Waals surface area contributed by atoms with Crippen molar-refractivity contribution in [1.82, 2.24) is 0 Å². The number of carboxylic acids is 1. The van der Waals surface area contributed by atoms with E-state index < -0.39 is 5.97 Å². The van der Waals surface area contributed by atoms with Crippen LogP contribution in [0.1, 0.15) is 15.9 Å². The molecule has 0 radical (unpaired) electrons. The lowest BCUT2D eigenvalue weighted by atomic mass is 10.2. The molecule has 5 nitrogen and oxygen atoms in total. The highest BCUT2D eigenvalue weighted by Crippen LogP contribution is 2.37. The van der Waals surface area contributed by atoms with Crippen molar-refractivity contribution >= 4 is 62.2 Å². The number of halogens is 1. The van der Waals surface area contributed by atoms with E-state index in [1.165, 1.54) is 23.9 Å². The standard InChI is InChI=1S/C23H15BrN2O3S/c24-17-8-4-6-15(12-17)13-20-21(27)26(19-10-2-1-3-11-19)23(30-20)25-18-9-5-7-16(14-18)22(28)29/h1-14H,(H,28,29)/b20-13-,25-23?. The molecule has 3 aromatic rings. The molecule has 30 heavy (non-hydrogen) atoms. The summed E-state index contributed by atoms with van der Waals surface area (Å²) in [5.74, 6) is -1.21. The van der Waals surface area contributed by atoms with Crippen LogP contribution >= 0.6 is 27.7 Å². The Kier molecular flexibility index (Phi) is 5.83. The summed E-state index contributed by atoms with van der Waals surface area (Å²) in [6.07, 6.45) is 1.82. The van der Waals surface area contributed by atoms with Gasteiger partial charge in [-0.25, -0.2) is 9.79 Å². The van der Waals surface area contributed by atoms with E-state index in [9.17, 15) is 14.7 Å². The summed E-state index contributed by atoms with van der Waals surface area (Å²) < 4.78 is 0.923. The highest BCUT2D eigenvalue weighted by Gasteiger charge is 2.34. The number of amidine groups is 1. The van der Waals surface area contributed by atoms with E-state index in [0.717, 1.165) is 10.0 Å². The number of hydrogen-bond donors (Lipinski definition) is 1. The molecule has 0 bridgehead atoms. The average Bonchev–Trinajstić information content (AvgIpc) is 3.03. The van der Waals surface area contributed by atoms with Crippen molar-refractivity contribution in [2.75, 3.05) is 4.90 Å². The van der Waals surface area contributed by atoms with Gasteiger partial charge in [0.25, 0.3) is 5.91 Å². The highest BCUT2D eigenvalue weighted by atomic mass is 79.9. The maximum atomic E-state index is 13.2. The predicted molar refractivity (Wildman–Crippen MR) is 124 cm³/mol. The summed E-state index contributed by atoms with van der Waals surface area (Å²) in [6.45, 7) is 0. The van der Waals surface area contributed by atoms with Crippen molar-refractivity contribution in [1.29, 1.82) is 0 Å². The summed E-state index contributed by atoms with van der Waals surface area (Å²) >= 11 is 4.70. The minimum atomic E-state index is -1.03. The number of para-hydroxylation sites is 1. The second-order valence-corrected chi connectivity index (χ2v) is 8.32. The smallest absolute Gasteiger partial charge is 0.335 e. The van der Waals surface area contributed by atoms with Gasteiger partial charge in [0.15, 0.2) is 5.17 Å². The van der Waals surface area contributed by atoms with Gasteiger partial charge >= 0.3 is 5.97 Å². The van der Waals surface area contributed by atoms with Gasteiger partial charge in [-0.1, -0.05) is 52.3 Å². The zero-order valence-corrected chi connectivity index (χ0v) is 17.9. The lowest BCUT2D eigenvalue weighted by Crippen LogP contribution is -2.28. The van der Waals surface area contributed by atoms with Crippen LogP contribution in [0.2, 0.25) is 0 Å². The molecule has 0 unspecified atom stereocenters. The molecule has 3 aromatic carbocycles. The molecular weight excluding hydrogens is 464 g/mol. The molecule has 148 valence electrons. The maximum Gasteiger partial charge on any atom is 0.335 e. The molecule has 0 aliphatic carbocycles. The lowest BCUT2D eigenvalue weighted by molar-refractivity contribution is -0.113. The van der Waals surface area contributed by atoms with Crippen molar-refractivity contribution in [3.63, 3.8) is 0 Å². The first-order valence-corrected chi connectivity index (χ1v) is 10.6. The van der Waals surface area contributed by atoms with E-state index in [2.05, 4.69) is 20.9 Å². The van der Waals surface area contributed by atoms with Crippen LogP contribution in [-0.4, -0.2) is 22.2 Å². The second kappa shape index (κ2) is 8.69. The number of aromatic carboxylic acids is 1. The number of rotatable bonds is 4. The number of amides is 1. The van der Waals surface area contributed by atoms with Crippen LogP contribution in [0, 0.1) is 0 Å². The van der Waals surface area contributed by atoms with E-state index >= 15 is 0 Å². The number of hydrogen-bond acceptors (Lipinski definition) is 4. The van der Waals surface area contributed by atoms with E-state index in [1.807, 2.05) is 60.7 Å². The zero-order chi connectivity index (χ0) is 21.1. The third kappa shape index (κ3) is 4.37. The summed E-state index contributed by atoms with van der Waals surface area (Å²) in [4.78, 5) is 31.2. The molecule has 1 saturated heterocycles. The third-order valence-corrected chi connectivity index (χ3v) is 5.75. The first-order valence-electron chi connectivity index (χ1n) is 8.98. The molecule has 4 rings (SSSR count). The first kappa shape index (κ1) is 20.1. The number of anilines is 1. The van der Waals surface area contributed by atoms with Crippen LogP contribution in [-0.2, 0) is 4.79 Å². The lowest BCUT2D eigenvalue weighted by Gasteiger charge is -2.15. The molecule has 1 aliphatic heterocycles. The second-order valence-electron chi connectivity index (χ2n) is 6.39. The topological polar surface area (TPSA) is 70.0 Å². The Hall–Kier alpha value is -3.16. The fourth-order valence-corrected chi connectivity index (χ4v) is 4.34. The minimum absolute atomic E-state index is 0.141. The SMILES string of the molecule is O=C(O)c1cccc(N=C2S/C(=C\c3cccc(Br)c3)C(=O)N2c2ccccc2)c1. The summed E-state index contributed by atoms with van der Waals surface area (Å²) in [6, 6.07) is 23.3. The number of carbonyl (C=O) groups is 2. The van der Waals surface area contributed by atoms with Gasteiger partial charge in [0, 0.05) is 4.47 Å². The molecule has 0 spiro atoms. The number of benzene rings is 3. The van der Waals surface area contributed by atoms with Gasteiger partial charge in [0.2, 0.25) is 0 Å². The van der Waals surface area contributed by atoms with Gasteiger partial charge in [-0.2, -0.15) is 0 Å². The van der Waals surface area contributed by atoms with Crippen LogP contribution in [0.25, 0.3) is 6.08 Å². The Bertz CT molecular complexity index is 1190. The van der Waals surface area contributed by atoms with Crippen molar-refractivity contribution in [2.45, 2.75) is 0 Å². The number of aliphatic imine (C=N–C) groups is 1.